The summed E-state index contributed by atoms with van der Waals surface area (Å²) < 4.78 is 12.7. The van der Waals surface area contributed by atoms with Gasteiger partial charge < -0.3 is 19.1 Å². The average Bonchev–Trinajstić information content (AvgIpc) is 3.45. The van der Waals surface area contributed by atoms with E-state index in [-0.39, 0.29) is 18.3 Å². The largest absolute Gasteiger partial charge is 0.459 e. The normalized spacial score (nSPS) is 31.2. The van der Waals surface area contributed by atoms with Crippen molar-refractivity contribution in [3.8, 4) is 0 Å². The average molecular weight is 449 g/mol. The van der Waals surface area contributed by atoms with Gasteiger partial charge in [0.15, 0.2) is 0 Å². The second-order valence-electron chi connectivity index (χ2n) is 9.06. The van der Waals surface area contributed by atoms with Gasteiger partial charge in [0.05, 0.1) is 14.1 Å². The first-order chi connectivity index (χ1) is 14.2. The molecule has 5 nitrogen and oxygen atoms in total. The Morgan fingerprint density at radius 3 is 2.00 bits per heavy atom. The highest BCUT2D eigenvalue weighted by Crippen LogP contribution is 2.52. The number of ether oxygens (including phenoxy) is 2. The molecule has 3 unspecified atom stereocenters. The van der Waals surface area contributed by atoms with Crippen LogP contribution < -0.4 is 0 Å². The lowest BCUT2D eigenvalue weighted by Crippen LogP contribution is -2.60. The predicted octanol–water partition coefficient (Wildman–Crippen LogP) is 3.53. The predicted molar refractivity (Wildman–Crippen MR) is 113 cm³/mol. The van der Waals surface area contributed by atoms with Gasteiger partial charge in [-0.2, -0.15) is 0 Å². The van der Waals surface area contributed by atoms with E-state index >= 15 is 0 Å². The van der Waals surface area contributed by atoms with Crippen molar-refractivity contribution in [1.82, 2.24) is 0 Å². The van der Waals surface area contributed by atoms with Crippen LogP contribution in [0.3, 0.4) is 0 Å². The zero-order valence-electron chi connectivity index (χ0n) is 16.8. The second-order valence-corrected chi connectivity index (χ2v) is 9.93. The summed E-state index contributed by atoms with van der Waals surface area (Å²) in [5.41, 5.74) is -1.30. The lowest BCUT2D eigenvalue weighted by Gasteiger charge is -2.45. The van der Waals surface area contributed by atoms with Crippen LogP contribution in [0.5, 0.6) is 0 Å². The minimum absolute atomic E-state index is 0.258. The third kappa shape index (κ3) is 3.07. The molecule has 0 aromatic heterocycles. The number of rotatable bonds is 4. The highest BCUT2D eigenvalue weighted by Gasteiger charge is 2.71. The number of esters is 1. The molecule has 3 aliphatic heterocycles. The van der Waals surface area contributed by atoms with Crippen molar-refractivity contribution in [3.63, 3.8) is 0 Å². The summed E-state index contributed by atoms with van der Waals surface area (Å²) in [4.78, 5) is 13.4. The maximum atomic E-state index is 13.4. The molecule has 2 aromatic carbocycles. The van der Waals surface area contributed by atoms with E-state index in [1.165, 1.54) is 0 Å². The number of morpholine rings is 1. The smallest absolute Gasteiger partial charge is 0.347 e. The molecule has 7 heteroatoms. The maximum absolute atomic E-state index is 13.4. The number of aliphatic hydroxyl groups is 1. The first-order valence-electron chi connectivity index (χ1n) is 10.2. The number of nitrogens with zero attached hydrogens (tertiary/aromatic N) is 1. The number of carbonyl (C=O) groups excluding carboxylic acids is 1. The van der Waals surface area contributed by atoms with Crippen LogP contribution in [0.1, 0.15) is 24.0 Å². The van der Waals surface area contributed by atoms with E-state index in [4.69, 9.17) is 32.7 Å². The molecule has 0 radical (unpaired) electrons. The van der Waals surface area contributed by atoms with Crippen molar-refractivity contribution in [1.29, 1.82) is 0 Å². The second kappa shape index (κ2) is 6.94. The highest BCUT2D eigenvalue weighted by molar-refractivity contribution is 6.31. The fourth-order valence-electron chi connectivity index (χ4n) is 5.37. The van der Waals surface area contributed by atoms with E-state index in [1.807, 2.05) is 0 Å². The van der Waals surface area contributed by atoms with Crippen molar-refractivity contribution >= 4 is 29.2 Å². The Morgan fingerprint density at radius 1 is 1.03 bits per heavy atom. The Bertz CT molecular complexity index is 945. The molecular weight excluding hydrogens is 425 g/mol. The van der Waals surface area contributed by atoms with Crippen molar-refractivity contribution in [2.45, 2.75) is 48.8 Å². The molecule has 158 valence electrons. The first kappa shape index (κ1) is 20.3. The lowest BCUT2D eigenvalue weighted by atomic mass is 9.86. The van der Waals surface area contributed by atoms with Gasteiger partial charge in [-0.25, -0.2) is 4.79 Å². The molecule has 2 aromatic rings. The van der Waals surface area contributed by atoms with Gasteiger partial charge in [-0.1, -0.05) is 47.5 Å². The number of likely N-dealkylation sites (N-methyl/N-ethyl adjacent to an activating group) is 1. The minimum atomic E-state index is -2.00. The molecule has 0 saturated carbocycles. The zero-order valence-corrected chi connectivity index (χ0v) is 18.3. The van der Waals surface area contributed by atoms with Crippen LogP contribution in [0.25, 0.3) is 0 Å². The van der Waals surface area contributed by atoms with Crippen molar-refractivity contribution in [2.75, 3.05) is 14.1 Å². The van der Waals surface area contributed by atoms with Crippen LogP contribution in [0.2, 0.25) is 10.0 Å². The Kier molecular flexibility index (Phi) is 4.69. The molecule has 0 aliphatic carbocycles. The van der Waals surface area contributed by atoms with Crippen LogP contribution in [0, 0.1) is 0 Å². The van der Waals surface area contributed by atoms with Crippen LogP contribution in [0.4, 0.5) is 0 Å². The van der Waals surface area contributed by atoms with E-state index < -0.39 is 11.6 Å². The number of epoxide rings is 1. The Morgan fingerprint density at radius 2 is 1.53 bits per heavy atom. The van der Waals surface area contributed by atoms with E-state index in [9.17, 15) is 9.90 Å². The van der Waals surface area contributed by atoms with Crippen LogP contribution in [-0.4, -0.2) is 60.0 Å². The van der Waals surface area contributed by atoms with Gasteiger partial charge in [-0.15, -0.1) is 0 Å². The first-order valence-corrected chi connectivity index (χ1v) is 10.9. The lowest BCUT2D eigenvalue weighted by molar-refractivity contribution is -0.938. The highest BCUT2D eigenvalue weighted by atomic mass is 35.5. The fourth-order valence-corrected chi connectivity index (χ4v) is 5.75. The molecule has 5 rings (SSSR count). The quantitative estimate of drug-likeness (QED) is 0.441. The number of carbonyl (C=O) groups is 1. The molecule has 3 aliphatic rings. The topological polar surface area (TPSA) is 59.1 Å². The molecule has 3 heterocycles. The summed E-state index contributed by atoms with van der Waals surface area (Å²) in [6.07, 6.45) is 1.69. The number of hydrogen-bond donors (Lipinski definition) is 1. The van der Waals surface area contributed by atoms with Crippen LogP contribution >= 0.6 is 23.2 Å². The number of halogens is 2. The summed E-state index contributed by atoms with van der Waals surface area (Å²) in [6.45, 7) is 0. The third-order valence-electron chi connectivity index (χ3n) is 7.09. The van der Waals surface area contributed by atoms with E-state index in [1.54, 1.807) is 48.5 Å². The summed E-state index contributed by atoms with van der Waals surface area (Å²) in [5, 5.41) is 12.5. The minimum Gasteiger partial charge on any atom is -0.459 e. The van der Waals surface area contributed by atoms with Crippen molar-refractivity contribution < 1.29 is 23.9 Å². The third-order valence-corrected chi connectivity index (χ3v) is 7.56. The molecule has 3 fully saturated rings. The van der Waals surface area contributed by atoms with Gasteiger partial charge in [-0.05, 0) is 24.3 Å². The SMILES string of the molecule is C[N+]1(C)C2CC(OC(=O)C(O)(c3cccc(Cl)c3)c3cccc(Cl)c3)C[C@H]1[C@H]1OC21. The molecule has 0 spiro atoms. The maximum Gasteiger partial charge on any atom is 0.347 e. The van der Waals surface area contributed by atoms with Crippen molar-refractivity contribution in [3.05, 3.63) is 69.7 Å². The molecule has 2 bridgehead atoms. The van der Waals surface area contributed by atoms with E-state index in [0.717, 1.165) is 17.3 Å². The summed E-state index contributed by atoms with van der Waals surface area (Å²) in [7, 11) is 4.44. The monoisotopic (exact) mass is 448 g/mol. The van der Waals surface area contributed by atoms with Gasteiger partial charge in [0.2, 0.25) is 5.60 Å². The van der Waals surface area contributed by atoms with Gasteiger partial charge in [-0.3, -0.25) is 0 Å². The van der Waals surface area contributed by atoms with E-state index in [0.29, 0.717) is 33.3 Å². The molecule has 5 atom stereocenters. The van der Waals surface area contributed by atoms with Gasteiger partial charge in [0.25, 0.3) is 0 Å². The molecular formula is C23H24Cl2NO4+. The molecule has 0 amide bonds. The van der Waals surface area contributed by atoms with Gasteiger partial charge in [0.1, 0.15) is 30.4 Å². The van der Waals surface area contributed by atoms with Gasteiger partial charge >= 0.3 is 5.97 Å². The standard InChI is InChI=1S/C23H24Cl2NO4/c1-26(2)18-11-17(12-19(26)21-20(18)30-21)29-22(27)23(28,13-5-3-7-15(24)9-13)14-6-4-8-16(25)10-14/h3-10,17-21,28H,11-12H2,1-2H3/q+1/t17?,18-,19?,20+,21?/m0/s1. The Balaban J connectivity index is 1.46. The van der Waals surface area contributed by atoms with E-state index in [2.05, 4.69) is 14.1 Å². The number of fused-ring (bicyclic) bond motifs is 5. The number of quaternary nitrogens is 1. The number of piperidine rings is 1. The fraction of sp³-hybridized carbons (Fsp3) is 0.435. The summed E-state index contributed by atoms with van der Waals surface area (Å²) >= 11 is 12.3. The van der Waals surface area contributed by atoms with Crippen molar-refractivity contribution in [2.24, 2.45) is 0 Å². The molecule has 1 N–H and O–H groups in total. The Hall–Kier alpha value is -1.63. The number of benzene rings is 2. The van der Waals surface area contributed by atoms with Crippen LogP contribution in [-0.2, 0) is 19.9 Å². The Labute approximate surface area is 185 Å². The van der Waals surface area contributed by atoms with Gasteiger partial charge in [0, 0.05) is 34.0 Å². The van der Waals surface area contributed by atoms with Crippen LogP contribution in [0.15, 0.2) is 48.5 Å². The number of hydrogen-bond acceptors (Lipinski definition) is 4. The molecule has 3 saturated heterocycles. The molecule has 30 heavy (non-hydrogen) atoms. The summed E-state index contributed by atoms with van der Waals surface area (Å²) in [6, 6.07) is 13.9. The zero-order chi connectivity index (χ0) is 21.3. The summed E-state index contributed by atoms with van der Waals surface area (Å²) in [5.74, 6) is -0.710.